The fraction of sp³-hybridized carbons (Fsp3) is 0.286. The molecular formula is C14H16N2O2S2. The minimum atomic E-state index is 0.0352. The van der Waals surface area contributed by atoms with Crippen molar-refractivity contribution in [2.45, 2.75) is 11.3 Å². The summed E-state index contributed by atoms with van der Waals surface area (Å²) in [6.45, 7) is 0.626. The molecule has 0 aliphatic heterocycles. The standard InChI is InChI=1S/C14H16N2O2S2/c1-18-12-3-2-4-13(7-12)20-9-14(17)15-6-5-11-8-19-10-16-11/h2-4,7-8,10H,5-6,9H2,1H3,(H,15,17). The maximum atomic E-state index is 11.7. The number of thiazole rings is 1. The van der Waals surface area contributed by atoms with E-state index in [0.717, 1.165) is 22.8 Å². The highest BCUT2D eigenvalue weighted by atomic mass is 32.2. The monoisotopic (exact) mass is 308 g/mol. The summed E-state index contributed by atoms with van der Waals surface area (Å²) >= 11 is 3.07. The third kappa shape index (κ3) is 4.86. The second-order valence-corrected chi connectivity index (χ2v) is 5.81. The zero-order chi connectivity index (χ0) is 14.2. The van der Waals surface area contributed by atoms with Gasteiger partial charge in [-0.3, -0.25) is 4.79 Å². The van der Waals surface area contributed by atoms with E-state index in [1.165, 1.54) is 11.8 Å². The van der Waals surface area contributed by atoms with E-state index in [-0.39, 0.29) is 5.91 Å². The van der Waals surface area contributed by atoms with Crippen LogP contribution in [0.1, 0.15) is 5.69 Å². The van der Waals surface area contributed by atoms with Gasteiger partial charge in [-0.1, -0.05) is 6.07 Å². The Morgan fingerprint density at radius 3 is 3.15 bits per heavy atom. The van der Waals surface area contributed by atoms with Gasteiger partial charge in [0, 0.05) is 23.2 Å². The van der Waals surface area contributed by atoms with E-state index in [2.05, 4.69) is 10.3 Å². The average Bonchev–Trinajstić information content (AvgIpc) is 2.98. The topological polar surface area (TPSA) is 51.2 Å². The molecule has 0 unspecified atom stereocenters. The van der Waals surface area contributed by atoms with Gasteiger partial charge in [0.1, 0.15) is 5.75 Å². The lowest BCUT2D eigenvalue weighted by Gasteiger charge is -2.05. The first-order valence-electron chi connectivity index (χ1n) is 6.18. The van der Waals surface area contributed by atoms with Crippen molar-refractivity contribution in [2.75, 3.05) is 19.4 Å². The van der Waals surface area contributed by atoms with Crippen LogP contribution in [-0.2, 0) is 11.2 Å². The Balaban J connectivity index is 1.69. The molecule has 1 aromatic heterocycles. The maximum absolute atomic E-state index is 11.7. The molecule has 0 aliphatic carbocycles. The number of carbonyl (C=O) groups is 1. The largest absolute Gasteiger partial charge is 0.497 e. The predicted octanol–water partition coefficient (Wildman–Crippen LogP) is 2.60. The fourth-order valence-electron chi connectivity index (χ4n) is 1.58. The minimum absolute atomic E-state index is 0.0352. The number of hydrogen-bond donors (Lipinski definition) is 1. The Labute approximate surface area is 126 Å². The Morgan fingerprint density at radius 1 is 1.50 bits per heavy atom. The molecule has 0 aliphatic rings. The lowest BCUT2D eigenvalue weighted by atomic mass is 10.3. The maximum Gasteiger partial charge on any atom is 0.230 e. The second kappa shape index (κ2) is 7.91. The highest BCUT2D eigenvalue weighted by molar-refractivity contribution is 8.00. The Kier molecular flexibility index (Phi) is 5.88. The fourth-order valence-corrected chi connectivity index (χ4v) is 2.95. The van der Waals surface area contributed by atoms with Crippen LogP contribution in [0.25, 0.3) is 0 Å². The number of rotatable bonds is 7. The average molecular weight is 308 g/mol. The number of ether oxygens (including phenoxy) is 1. The van der Waals surface area contributed by atoms with E-state index in [9.17, 15) is 4.79 Å². The van der Waals surface area contributed by atoms with E-state index in [1.54, 1.807) is 24.0 Å². The van der Waals surface area contributed by atoms with Crippen molar-refractivity contribution in [2.24, 2.45) is 0 Å². The molecule has 0 spiro atoms. The number of thioether (sulfide) groups is 1. The van der Waals surface area contributed by atoms with Crippen LogP contribution in [0.15, 0.2) is 40.1 Å². The van der Waals surface area contributed by atoms with Crippen molar-refractivity contribution >= 4 is 29.0 Å². The minimum Gasteiger partial charge on any atom is -0.497 e. The SMILES string of the molecule is COc1cccc(SCC(=O)NCCc2cscn2)c1. The number of aromatic nitrogens is 1. The molecule has 0 atom stereocenters. The molecule has 1 amide bonds. The van der Waals surface area contributed by atoms with E-state index < -0.39 is 0 Å². The molecule has 1 aromatic carbocycles. The number of benzene rings is 1. The summed E-state index contributed by atoms with van der Waals surface area (Å²) in [5.41, 5.74) is 2.83. The van der Waals surface area contributed by atoms with Gasteiger partial charge in [0.25, 0.3) is 0 Å². The summed E-state index contributed by atoms with van der Waals surface area (Å²) in [5.74, 6) is 1.25. The number of nitrogens with zero attached hydrogens (tertiary/aromatic N) is 1. The van der Waals surface area contributed by atoms with Crippen LogP contribution in [-0.4, -0.2) is 30.3 Å². The molecule has 0 fully saturated rings. The molecule has 0 saturated heterocycles. The highest BCUT2D eigenvalue weighted by Crippen LogP contribution is 2.22. The van der Waals surface area contributed by atoms with E-state index in [1.807, 2.05) is 29.6 Å². The predicted molar refractivity (Wildman–Crippen MR) is 82.5 cm³/mol. The zero-order valence-corrected chi connectivity index (χ0v) is 12.8. The first kappa shape index (κ1) is 14.9. The number of nitrogens with one attached hydrogen (secondary N) is 1. The summed E-state index contributed by atoms with van der Waals surface area (Å²) in [7, 11) is 1.63. The van der Waals surface area contributed by atoms with Crippen molar-refractivity contribution in [1.82, 2.24) is 10.3 Å². The highest BCUT2D eigenvalue weighted by Gasteiger charge is 2.04. The number of hydrogen-bond acceptors (Lipinski definition) is 5. The molecule has 1 N–H and O–H groups in total. The van der Waals surface area contributed by atoms with E-state index in [0.29, 0.717) is 12.3 Å². The first-order chi connectivity index (χ1) is 9.78. The summed E-state index contributed by atoms with van der Waals surface area (Å²) in [6, 6.07) is 7.70. The molecule has 1 heterocycles. The lowest BCUT2D eigenvalue weighted by Crippen LogP contribution is -2.27. The van der Waals surface area contributed by atoms with E-state index >= 15 is 0 Å². The van der Waals surface area contributed by atoms with Gasteiger partial charge in [-0.05, 0) is 18.2 Å². The first-order valence-corrected chi connectivity index (χ1v) is 8.11. The number of carbonyl (C=O) groups excluding carboxylic acids is 1. The summed E-state index contributed by atoms with van der Waals surface area (Å²) in [4.78, 5) is 16.9. The van der Waals surface area contributed by atoms with Crippen LogP contribution in [0.5, 0.6) is 5.75 Å². The molecule has 20 heavy (non-hydrogen) atoms. The van der Waals surface area contributed by atoms with Crippen molar-refractivity contribution < 1.29 is 9.53 Å². The van der Waals surface area contributed by atoms with Crippen LogP contribution < -0.4 is 10.1 Å². The number of amides is 1. The second-order valence-electron chi connectivity index (χ2n) is 4.05. The smallest absolute Gasteiger partial charge is 0.230 e. The summed E-state index contributed by atoms with van der Waals surface area (Å²) in [6.07, 6.45) is 0.777. The molecule has 0 bridgehead atoms. The zero-order valence-electron chi connectivity index (χ0n) is 11.2. The van der Waals surface area contributed by atoms with Gasteiger partial charge in [-0.25, -0.2) is 4.98 Å². The van der Waals surface area contributed by atoms with Gasteiger partial charge in [0.15, 0.2) is 0 Å². The van der Waals surface area contributed by atoms with Crippen LogP contribution in [0.4, 0.5) is 0 Å². The molecule has 106 valence electrons. The quantitative estimate of drug-likeness (QED) is 0.799. The third-order valence-electron chi connectivity index (χ3n) is 2.60. The van der Waals surface area contributed by atoms with Gasteiger partial charge < -0.3 is 10.1 Å². The Morgan fingerprint density at radius 2 is 2.40 bits per heavy atom. The normalized spacial score (nSPS) is 10.2. The van der Waals surface area contributed by atoms with Crippen molar-refractivity contribution in [1.29, 1.82) is 0 Å². The van der Waals surface area contributed by atoms with Crippen molar-refractivity contribution in [3.05, 3.63) is 40.8 Å². The van der Waals surface area contributed by atoms with Crippen LogP contribution >= 0.6 is 23.1 Å². The van der Waals surface area contributed by atoms with Gasteiger partial charge >= 0.3 is 0 Å². The van der Waals surface area contributed by atoms with Gasteiger partial charge in [0.05, 0.1) is 24.1 Å². The summed E-state index contributed by atoms with van der Waals surface area (Å²) in [5, 5.41) is 4.89. The van der Waals surface area contributed by atoms with Crippen LogP contribution in [0, 0.1) is 0 Å². The molecule has 6 heteroatoms. The van der Waals surface area contributed by atoms with Crippen molar-refractivity contribution in [3.63, 3.8) is 0 Å². The number of methoxy groups -OCH3 is 1. The lowest BCUT2D eigenvalue weighted by molar-refractivity contribution is -0.118. The molecule has 0 radical (unpaired) electrons. The van der Waals surface area contributed by atoms with Crippen LogP contribution in [0.3, 0.4) is 0 Å². The van der Waals surface area contributed by atoms with E-state index in [4.69, 9.17) is 4.74 Å². The Hall–Kier alpha value is -1.53. The van der Waals surface area contributed by atoms with Crippen LogP contribution in [0.2, 0.25) is 0 Å². The molecule has 0 saturated carbocycles. The van der Waals surface area contributed by atoms with Gasteiger partial charge in [-0.15, -0.1) is 23.1 Å². The molecule has 2 rings (SSSR count). The molecular weight excluding hydrogens is 292 g/mol. The van der Waals surface area contributed by atoms with Gasteiger partial charge in [-0.2, -0.15) is 0 Å². The summed E-state index contributed by atoms with van der Waals surface area (Å²) < 4.78 is 5.15. The van der Waals surface area contributed by atoms with Crippen molar-refractivity contribution in [3.8, 4) is 5.75 Å². The Bertz CT molecular complexity index is 544. The van der Waals surface area contributed by atoms with Gasteiger partial charge in [0.2, 0.25) is 5.91 Å². The third-order valence-corrected chi connectivity index (χ3v) is 4.23. The molecule has 2 aromatic rings. The molecule has 4 nitrogen and oxygen atoms in total.